The molecule has 0 atom stereocenters. The standard InChI is InChI=1S/C44H27N3S/c1-4-14-28(15-5-1)31-24-25-38-35(26-31)40-32-20-10-11-21-33(32)43-41(34-22-12-13-23-39(34)48-43)42(40)47(38)44-45-36(29-16-6-2-7-17-29)27-37(46-44)30-18-8-3-9-19-30/h1-27H. The summed E-state index contributed by atoms with van der Waals surface area (Å²) in [5.41, 5.74) is 8.51. The van der Waals surface area contributed by atoms with E-state index in [-0.39, 0.29) is 0 Å². The lowest BCUT2D eigenvalue weighted by Crippen LogP contribution is -2.04. The van der Waals surface area contributed by atoms with Crippen LogP contribution in [-0.2, 0) is 0 Å². The molecule has 0 fully saturated rings. The van der Waals surface area contributed by atoms with Crippen LogP contribution in [0.1, 0.15) is 0 Å². The molecule has 4 heteroatoms. The third-order valence-corrected chi connectivity index (χ3v) is 10.6. The Balaban J connectivity index is 1.42. The largest absolute Gasteiger partial charge is 0.277 e. The summed E-state index contributed by atoms with van der Waals surface area (Å²) in [6.45, 7) is 0. The average Bonchev–Trinajstić information content (AvgIpc) is 3.72. The molecule has 0 saturated heterocycles. The highest BCUT2D eigenvalue weighted by molar-refractivity contribution is 7.27. The predicted octanol–water partition coefficient (Wildman–Crippen LogP) is 12.1. The van der Waals surface area contributed by atoms with Crippen molar-refractivity contribution in [2.75, 3.05) is 0 Å². The molecule has 0 saturated carbocycles. The minimum Gasteiger partial charge on any atom is -0.277 e. The van der Waals surface area contributed by atoms with E-state index in [0.717, 1.165) is 33.5 Å². The molecule has 0 aliphatic carbocycles. The maximum Gasteiger partial charge on any atom is 0.235 e. The van der Waals surface area contributed by atoms with Crippen LogP contribution in [0.4, 0.5) is 0 Å². The Hall–Kier alpha value is -6.10. The van der Waals surface area contributed by atoms with Crippen molar-refractivity contribution < 1.29 is 0 Å². The third-order valence-electron chi connectivity index (χ3n) is 9.40. The summed E-state index contributed by atoms with van der Waals surface area (Å²) in [4.78, 5) is 10.7. The minimum atomic E-state index is 0.662. The molecular weight excluding hydrogens is 603 g/mol. The van der Waals surface area contributed by atoms with E-state index in [1.807, 2.05) is 23.5 Å². The first-order valence-electron chi connectivity index (χ1n) is 16.2. The quantitative estimate of drug-likeness (QED) is 0.194. The molecule has 0 aliphatic heterocycles. The molecule has 0 N–H and O–H groups in total. The van der Waals surface area contributed by atoms with Gasteiger partial charge >= 0.3 is 0 Å². The van der Waals surface area contributed by atoms with Crippen LogP contribution in [-0.4, -0.2) is 14.5 Å². The van der Waals surface area contributed by atoms with Crippen molar-refractivity contribution in [3.8, 4) is 39.6 Å². The first-order chi connectivity index (χ1) is 23.8. The van der Waals surface area contributed by atoms with Crippen molar-refractivity contribution in [3.63, 3.8) is 0 Å². The SMILES string of the molecule is c1ccc(-c2ccc3c(c2)c2c4ccccc4c4sc5ccccc5c4c2n3-c2nc(-c3ccccc3)cc(-c3ccccc3)n2)cc1. The van der Waals surface area contributed by atoms with Crippen LogP contribution in [0.3, 0.4) is 0 Å². The van der Waals surface area contributed by atoms with Crippen LogP contribution in [0, 0.1) is 0 Å². The summed E-state index contributed by atoms with van der Waals surface area (Å²) in [6, 6.07) is 58.1. The Morgan fingerprint density at radius 3 is 1.65 bits per heavy atom. The van der Waals surface area contributed by atoms with Crippen molar-refractivity contribution in [1.29, 1.82) is 0 Å². The van der Waals surface area contributed by atoms with E-state index in [1.54, 1.807) is 0 Å². The molecule has 0 aliphatic rings. The van der Waals surface area contributed by atoms with E-state index in [2.05, 4.69) is 156 Å². The Kier molecular flexibility index (Phi) is 6.05. The Labute approximate surface area is 281 Å². The number of hydrogen-bond acceptors (Lipinski definition) is 3. The summed E-state index contributed by atoms with van der Waals surface area (Å²) in [5.74, 6) is 0.662. The topological polar surface area (TPSA) is 30.7 Å². The van der Waals surface area contributed by atoms with Crippen LogP contribution in [0.2, 0.25) is 0 Å². The molecule has 0 amide bonds. The fraction of sp³-hybridized carbons (Fsp3) is 0. The van der Waals surface area contributed by atoms with Gasteiger partial charge < -0.3 is 0 Å². The minimum absolute atomic E-state index is 0.662. The zero-order chi connectivity index (χ0) is 31.6. The maximum atomic E-state index is 5.36. The molecule has 3 nitrogen and oxygen atoms in total. The van der Waals surface area contributed by atoms with Gasteiger partial charge in [-0.1, -0.05) is 140 Å². The Morgan fingerprint density at radius 1 is 0.417 bits per heavy atom. The van der Waals surface area contributed by atoms with Gasteiger partial charge in [0.15, 0.2) is 0 Å². The zero-order valence-corrected chi connectivity index (χ0v) is 26.7. The molecular formula is C44H27N3S. The molecule has 10 aromatic rings. The van der Waals surface area contributed by atoms with Gasteiger partial charge in [-0.3, -0.25) is 4.57 Å². The predicted molar refractivity (Wildman–Crippen MR) is 203 cm³/mol. The molecule has 0 spiro atoms. The van der Waals surface area contributed by atoms with Crippen molar-refractivity contribution in [2.45, 2.75) is 0 Å². The normalized spacial score (nSPS) is 11.8. The smallest absolute Gasteiger partial charge is 0.235 e. The number of rotatable bonds is 4. The average molecular weight is 630 g/mol. The zero-order valence-electron chi connectivity index (χ0n) is 25.8. The van der Waals surface area contributed by atoms with Crippen LogP contribution < -0.4 is 0 Å². The van der Waals surface area contributed by atoms with Gasteiger partial charge in [-0.25, -0.2) is 9.97 Å². The fourth-order valence-corrected chi connectivity index (χ4v) is 8.48. The molecule has 3 heterocycles. The maximum absolute atomic E-state index is 5.36. The lowest BCUT2D eigenvalue weighted by molar-refractivity contribution is 0.998. The monoisotopic (exact) mass is 629 g/mol. The van der Waals surface area contributed by atoms with Gasteiger partial charge in [0.25, 0.3) is 0 Å². The summed E-state index contributed by atoms with van der Waals surface area (Å²) in [6.07, 6.45) is 0. The molecule has 0 radical (unpaired) electrons. The molecule has 48 heavy (non-hydrogen) atoms. The van der Waals surface area contributed by atoms with E-state index in [9.17, 15) is 0 Å². The Bertz CT molecular complexity index is 2760. The number of benzene rings is 7. The third kappa shape index (κ3) is 4.13. The second-order valence-electron chi connectivity index (χ2n) is 12.2. The van der Waals surface area contributed by atoms with Crippen LogP contribution >= 0.6 is 11.3 Å². The van der Waals surface area contributed by atoms with E-state index >= 15 is 0 Å². The molecule has 224 valence electrons. The Morgan fingerprint density at radius 2 is 0.979 bits per heavy atom. The van der Waals surface area contributed by atoms with Crippen molar-refractivity contribution >= 4 is 64.1 Å². The van der Waals surface area contributed by atoms with Gasteiger partial charge in [-0.2, -0.15) is 0 Å². The highest BCUT2D eigenvalue weighted by atomic mass is 32.1. The van der Waals surface area contributed by atoms with E-state index in [0.29, 0.717) is 5.95 Å². The second kappa shape index (κ2) is 10.7. The van der Waals surface area contributed by atoms with Gasteiger partial charge in [-0.15, -0.1) is 11.3 Å². The highest BCUT2D eigenvalue weighted by Gasteiger charge is 2.24. The van der Waals surface area contributed by atoms with E-state index < -0.39 is 0 Å². The number of thiophene rings is 1. The highest BCUT2D eigenvalue weighted by Crippen LogP contribution is 2.48. The van der Waals surface area contributed by atoms with Crippen LogP contribution in [0.15, 0.2) is 164 Å². The summed E-state index contributed by atoms with van der Waals surface area (Å²) in [7, 11) is 0. The van der Waals surface area contributed by atoms with Crippen molar-refractivity contribution in [3.05, 3.63) is 164 Å². The fourth-order valence-electron chi connectivity index (χ4n) is 7.24. The lowest BCUT2D eigenvalue weighted by Gasteiger charge is -2.13. The molecule has 7 aromatic carbocycles. The molecule has 3 aromatic heterocycles. The second-order valence-corrected chi connectivity index (χ2v) is 13.2. The molecule has 0 bridgehead atoms. The first kappa shape index (κ1) is 27.1. The van der Waals surface area contributed by atoms with Gasteiger partial charge in [0.2, 0.25) is 5.95 Å². The number of hydrogen-bond donors (Lipinski definition) is 0. The lowest BCUT2D eigenvalue weighted by atomic mass is 9.98. The van der Waals surface area contributed by atoms with Gasteiger partial charge in [-0.05, 0) is 40.8 Å². The van der Waals surface area contributed by atoms with Gasteiger partial charge in [0, 0.05) is 47.5 Å². The first-order valence-corrected chi connectivity index (χ1v) is 17.0. The molecule has 0 unspecified atom stereocenters. The van der Waals surface area contributed by atoms with E-state index in [4.69, 9.17) is 9.97 Å². The van der Waals surface area contributed by atoms with Crippen LogP contribution in [0.5, 0.6) is 0 Å². The number of aromatic nitrogens is 3. The number of nitrogens with zero attached hydrogens (tertiary/aromatic N) is 3. The molecule has 10 rings (SSSR count). The summed E-state index contributed by atoms with van der Waals surface area (Å²) in [5, 5.41) is 7.43. The summed E-state index contributed by atoms with van der Waals surface area (Å²) >= 11 is 1.87. The van der Waals surface area contributed by atoms with E-state index in [1.165, 1.54) is 52.8 Å². The van der Waals surface area contributed by atoms with Gasteiger partial charge in [0.05, 0.1) is 22.4 Å². The van der Waals surface area contributed by atoms with Crippen molar-refractivity contribution in [1.82, 2.24) is 14.5 Å². The van der Waals surface area contributed by atoms with Crippen LogP contribution in [0.25, 0.3) is 92.3 Å². The summed E-state index contributed by atoms with van der Waals surface area (Å²) < 4.78 is 4.89. The van der Waals surface area contributed by atoms with Gasteiger partial charge in [0.1, 0.15) is 0 Å². The van der Waals surface area contributed by atoms with Crippen molar-refractivity contribution in [2.24, 2.45) is 0 Å². The number of fused-ring (bicyclic) bond motifs is 10.